The van der Waals surface area contributed by atoms with E-state index >= 15 is 0 Å². The zero-order valence-corrected chi connectivity index (χ0v) is 13.9. The highest BCUT2D eigenvalue weighted by Gasteiger charge is 2.37. The fraction of sp³-hybridized carbons (Fsp3) is 0.500. The first kappa shape index (κ1) is 15.9. The third kappa shape index (κ3) is 3.06. The van der Waals surface area contributed by atoms with E-state index in [1.165, 1.54) is 22.9 Å². The molecule has 8 nitrogen and oxygen atoms in total. The van der Waals surface area contributed by atoms with Crippen molar-refractivity contribution in [1.29, 1.82) is 0 Å². The van der Waals surface area contributed by atoms with Crippen LogP contribution >= 0.6 is 0 Å². The highest BCUT2D eigenvalue weighted by molar-refractivity contribution is 7.89. The molecule has 0 spiro atoms. The zero-order chi connectivity index (χ0) is 16.6. The van der Waals surface area contributed by atoms with Crippen LogP contribution in [0.2, 0.25) is 0 Å². The van der Waals surface area contributed by atoms with E-state index in [-0.39, 0.29) is 10.6 Å². The second kappa shape index (κ2) is 5.89. The molecule has 1 aliphatic heterocycles. The molecule has 1 atom stereocenters. The van der Waals surface area contributed by atoms with Crippen molar-refractivity contribution in [3.8, 4) is 0 Å². The zero-order valence-electron chi connectivity index (χ0n) is 13.1. The maximum absolute atomic E-state index is 12.9. The van der Waals surface area contributed by atoms with Gasteiger partial charge in [0.1, 0.15) is 5.82 Å². The molecule has 1 saturated heterocycles. The first-order valence-electron chi connectivity index (χ1n) is 7.45. The summed E-state index contributed by atoms with van der Waals surface area (Å²) in [6, 6.07) is 0.924. The van der Waals surface area contributed by atoms with Gasteiger partial charge in [0.15, 0.2) is 5.03 Å². The van der Waals surface area contributed by atoms with Gasteiger partial charge in [0.25, 0.3) is 15.6 Å². The van der Waals surface area contributed by atoms with Gasteiger partial charge in [-0.05, 0) is 19.8 Å². The van der Waals surface area contributed by atoms with Crippen LogP contribution in [-0.4, -0.2) is 38.8 Å². The lowest BCUT2D eigenvalue weighted by molar-refractivity contribution is 0.245. The lowest BCUT2D eigenvalue weighted by Crippen LogP contribution is -2.40. The van der Waals surface area contributed by atoms with E-state index in [9.17, 15) is 13.2 Å². The molecule has 0 radical (unpaired) electrons. The SMILES string of the molecule is Cc1cc(=O)[nH]c([C@H]2CCCCN2S(=O)(=O)c2cn(C)cn2)n1. The third-order valence-electron chi connectivity index (χ3n) is 3.91. The fourth-order valence-corrected chi connectivity index (χ4v) is 4.50. The Bertz CT molecular complexity index is 871. The smallest absolute Gasteiger partial charge is 0.262 e. The van der Waals surface area contributed by atoms with Crippen molar-refractivity contribution in [2.24, 2.45) is 7.05 Å². The number of aromatic nitrogens is 4. The Hall–Kier alpha value is -2.00. The van der Waals surface area contributed by atoms with Crippen LogP contribution in [0.5, 0.6) is 0 Å². The highest BCUT2D eigenvalue weighted by atomic mass is 32.2. The van der Waals surface area contributed by atoms with Gasteiger partial charge >= 0.3 is 0 Å². The van der Waals surface area contributed by atoms with Crippen molar-refractivity contribution in [3.63, 3.8) is 0 Å². The second-order valence-electron chi connectivity index (χ2n) is 5.78. The molecule has 124 valence electrons. The van der Waals surface area contributed by atoms with E-state index in [0.717, 1.165) is 12.8 Å². The maximum atomic E-state index is 12.9. The molecule has 0 aromatic carbocycles. The maximum Gasteiger partial charge on any atom is 0.262 e. The van der Waals surface area contributed by atoms with Crippen molar-refractivity contribution in [2.75, 3.05) is 6.54 Å². The van der Waals surface area contributed by atoms with E-state index in [4.69, 9.17) is 0 Å². The molecule has 2 aromatic rings. The van der Waals surface area contributed by atoms with E-state index in [1.807, 2.05) is 0 Å². The molecule has 3 rings (SSSR count). The Morgan fingerprint density at radius 2 is 2.13 bits per heavy atom. The Balaban J connectivity index is 2.03. The number of aryl methyl sites for hydroxylation is 2. The number of imidazole rings is 1. The van der Waals surface area contributed by atoms with E-state index in [1.54, 1.807) is 18.5 Å². The van der Waals surface area contributed by atoms with Gasteiger partial charge in [-0.25, -0.2) is 18.4 Å². The number of hydrogen-bond acceptors (Lipinski definition) is 5. The highest BCUT2D eigenvalue weighted by Crippen LogP contribution is 2.33. The molecule has 2 aromatic heterocycles. The quantitative estimate of drug-likeness (QED) is 0.890. The molecule has 0 amide bonds. The summed E-state index contributed by atoms with van der Waals surface area (Å²) in [5, 5.41) is 0.0156. The van der Waals surface area contributed by atoms with Gasteiger partial charge in [-0.3, -0.25) is 4.79 Å². The minimum atomic E-state index is -3.72. The molecular weight excluding hydrogens is 318 g/mol. The molecule has 0 bridgehead atoms. The average molecular weight is 337 g/mol. The monoisotopic (exact) mass is 337 g/mol. The van der Waals surface area contributed by atoms with Gasteiger partial charge in [0.2, 0.25) is 0 Å². The number of nitrogens with zero attached hydrogens (tertiary/aromatic N) is 4. The van der Waals surface area contributed by atoms with Gasteiger partial charge in [-0.15, -0.1) is 0 Å². The molecule has 9 heteroatoms. The number of sulfonamides is 1. The van der Waals surface area contributed by atoms with Crippen LogP contribution in [0, 0.1) is 6.92 Å². The van der Waals surface area contributed by atoms with Gasteiger partial charge in [-0.2, -0.15) is 4.31 Å². The van der Waals surface area contributed by atoms with Crippen molar-refractivity contribution < 1.29 is 8.42 Å². The van der Waals surface area contributed by atoms with E-state index < -0.39 is 16.1 Å². The summed E-state index contributed by atoms with van der Waals surface area (Å²) >= 11 is 0. The summed E-state index contributed by atoms with van der Waals surface area (Å²) in [7, 11) is -2.00. The molecule has 0 saturated carbocycles. The Kier molecular flexibility index (Phi) is 4.07. The van der Waals surface area contributed by atoms with Gasteiger partial charge in [0, 0.05) is 31.5 Å². The van der Waals surface area contributed by atoms with Crippen molar-refractivity contribution in [1.82, 2.24) is 23.8 Å². The van der Waals surface area contributed by atoms with Gasteiger partial charge in [0.05, 0.1) is 12.4 Å². The van der Waals surface area contributed by atoms with Crippen molar-refractivity contribution in [3.05, 3.63) is 40.5 Å². The van der Waals surface area contributed by atoms with Crippen LogP contribution < -0.4 is 5.56 Å². The van der Waals surface area contributed by atoms with Crippen molar-refractivity contribution in [2.45, 2.75) is 37.3 Å². The summed E-state index contributed by atoms with van der Waals surface area (Å²) in [6.45, 7) is 2.11. The van der Waals surface area contributed by atoms with Crippen LogP contribution in [0.3, 0.4) is 0 Å². The predicted molar refractivity (Wildman–Crippen MR) is 83.3 cm³/mol. The molecule has 1 aliphatic rings. The first-order valence-corrected chi connectivity index (χ1v) is 8.89. The van der Waals surface area contributed by atoms with Crippen LogP contribution in [0.4, 0.5) is 0 Å². The number of nitrogens with one attached hydrogen (secondary N) is 1. The molecule has 3 heterocycles. The average Bonchev–Trinajstić information content (AvgIpc) is 2.94. The third-order valence-corrected chi connectivity index (χ3v) is 5.71. The Morgan fingerprint density at radius 3 is 2.78 bits per heavy atom. The molecule has 0 aliphatic carbocycles. The normalized spacial score (nSPS) is 19.8. The second-order valence-corrected chi connectivity index (χ2v) is 7.61. The fourth-order valence-electron chi connectivity index (χ4n) is 2.87. The number of aromatic amines is 1. The van der Waals surface area contributed by atoms with Crippen LogP contribution in [0.15, 0.2) is 28.4 Å². The van der Waals surface area contributed by atoms with E-state index in [2.05, 4.69) is 15.0 Å². The number of hydrogen-bond donors (Lipinski definition) is 1. The van der Waals surface area contributed by atoms with Gasteiger partial charge < -0.3 is 9.55 Å². The summed E-state index contributed by atoms with van der Waals surface area (Å²) in [4.78, 5) is 22.7. The standard InChI is InChI=1S/C14H19N5O3S/c1-10-7-12(20)17-14(16-10)11-5-3-4-6-19(11)23(21,22)13-8-18(2)9-15-13/h7-9,11H,3-6H2,1-2H3,(H,16,17,20)/t11-/m1/s1. The number of H-pyrrole nitrogens is 1. The lowest BCUT2D eigenvalue weighted by Gasteiger charge is -2.33. The molecular formula is C14H19N5O3S. The van der Waals surface area contributed by atoms with Crippen LogP contribution in [0.1, 0.15) is 36.8 Å². The summed E-state index contributed by atoms with van der Waals surface area (Å²) < 4.78 is 28.8. The first-order chi connectivity index (χ1) is 10.9. The number of piperidine rings is 1. The summed E-state index contributed by atoms with van der Waals surface area (Å²) in [5.74, 6) is 0.397. The summed E-state index contributed by atoms with van der Waals surface area (Å²) in [6.07, 6.45) is 5.22. The van der Waals surface area contributed by atoms with Crippen molar-refractivity contribution >= 4 is 10.0 Å². The van der Waals surface area contributed by atoms with E-state index in [0.29, 0.717) is 24.5 Å². The molecule has 23 heavy (non-hydrogen) atoms. The topological polar surface area (TPSA) is 101 Å². The van der Waals surface area contributed by atoms with Crippen LogP contribution in [0.25, 0.3) is 0 Å². The predicted octanol–water partition coefficient (Wildman–Crippen LogP) is 0.728. The summed E-state index contributed by atoms with van der Waals surface area (Å²) in [5.41, 5.74) is 0.303. The largest absolute Gasteiger partial charge is 0.339 e. The lowest BCUT2D eigenvalue weighted by atomic mass is 10.0. The minimum Gasteiger partial charge on any atom is -0.339 e. The Morgan fingerprint density at radius 1 is 1.35 bits per heavy atom. The van der Waals surface area contributed by atoms with Crippen LogP contribution in [-0.2, 0) is 17.1 Å². The van der Waals surface area contributed by atoms with Gasteiger partial charge in [-0.1, -0.05) is 6.42 Å². The molecule has 0 unspecified atom stereocenters. The minimum absolute atomic E-state index is 0.0156. The Labute approximate surface area is 134 Å². The number of rotatable bonds is 3. The molecule has 1 N–H and O–H groups in total. The molecule has 1 fully saturated rings.